The van der Waals surface area contributed by atoms with Gasteiger partial charge in [-0.25, -0.2) is 4.79 Å². The third-order valence-corrected chi connectivity index (χ3v) is 1.97. The van der Waals surface area contributed by atoms with Gasteiger partial charge in [-0.3, -0.25) is 4.79 Å². The molecule has 0 aliphatic carbocycles. The van der Waals surface area contributed by atoms with Crippen LogP contribution in [0, 0.1) is 11.8 Å². The predicted octanol–water partition coefficient (Wildman–Crippen LogP) is 1.27. The highest BCUT2D eigenvalue weighted by molar-refractivity contribution is 5.89. The van der Waals surface area contributed by atoms with Gasteiger partial charge >= 0.3 is 11.9 Å². The first-order valence-corrected chi connectivity index (χ1v) is 5.31. The largest absolute Gasteiger partial charge is 0.478 e. The van der Waals surface area contributed by atoms with Crippen LogP contribution in [-0.2, 0) is 9.53 Å². The van der Waals surface area contributed by atoms with E-state index in [4.69, 9.17) is 15.6 Å². The molecule has 0 atom stereocenters. The second kappa shape index (κ2) is 6.30. The number of ether oxygens (including phenoxy) is 1. The van der Waals surface area contributed by atoms with Crippen LogP contribution in [0.4, 0.5) is 5.69 Å². The molecule has 0 bridgehead atoms. The van der Waals surface area contributed by atoms with Crippen molar-refractivity contribution in [2.75, 3.05) is 12.3 Å². The smallest absolute Gasteiger partial charge is 0.335 e. The van der Waals surface area contributed by atoms with Gasteiger partial charge in [-0.1, -0.05) is 11.8 Å². The number of rotatable bonds is 3. The van der Waals surface area contributed by atoms with Gasteiger partial charge in [0.2, 0.25) is 0 Å². The zero-order valence-corrected chi connectivity index (χ0v) is 9.90. The third-order valence-electron chi connectivity index (χ3n) is 1.97. The van der Waals surface area contributed by atoms with Crippen LogP contribution in [0.2, 0.25) is 0 Å². The van der Waals surface area contributed by atoms with E-state index in [1.54, 1.807) is 13.0 Å². The van der Waals surface area contributed by atoms with Crippen LogP contribution in [0.15, 0.2) is 18.2 Å². The Hall–Kier alpha value is -2.48. The van der Waals surface area contributed by atoms with Gasteiger partial charge in [-0.05, 0) is 25.1 Å². The summed E-state index contributed by atoms with van der Waals surface area (Å²) in [5, 5.41) is 8.84. The number of carboxylic acids is 1. The molecule has 0 aliphatic rings. The third kappa shape index (κ3) is 4.18. The van der Waals surface area contributed by atoms with Crippen LogP contribution in [0.5, 0.6) is 0 Å². The molecule has 1 aromatic rings. The summed E-state index contributed by atoms with van der Waals surface area (Å²) in [6.45, 7) is 2.02. The lowest BCUT2D eigenvalue weighted by atomic mass is 10.1. The second-order valence-electron chi connectivity index (χ2n) is 3.43. The monoisotopic (exact) mass is 247 g/mol. The number of carbonyl (C=O) groups is 2. The predicted molar refractivity (Wildman–Crippen MR) is 65.9 cm³/mol. The van der Waals surface area contributed by atoms with E-state index in [1.807, 2.05) is 0 Å². The molecule has 0 radical (unpaired) electrons. The molecule has 1 rings (SSSR count). The molecule has 0 aliphatic heterocycles. The van der Waals surface area contributed by atoms with Crippen molar-refractivity contribution < 1.29 is 19.4 Å². The minimum atomic E-state index is -1.07. The van der Waals surface area contributed by atoms with Crippen molar-refractivity contribution in [1.82, 2.24) is 0 Å². The molecule has 0 heterocycles. The van der Waals surface area contributed by atoms with Crippen molar-refractivity contribution >= 4 is 17.6 Å². The SMILES string of the molecule is CCOC(=O)CC#Cc1cc(N)cc(C(=O)O)c1. The van der Waals surface area contributed by atoms with Crippen molar-refractivity contribution in [2.24, 2.45) is 0 Å². The number of hydrogen-bond donors (Lipinski definition) is 2. The Morgan fingerprint density at radius 1 is 1.39 bits per heavy atom. The van der Waals surface area contributed by atoms with E-state index >= 15 is 0 Å². The quantitative estimate of drug-likeness (QED) is 0.477. The van der Waals surface area contributed by atoms with Crippen molar-refractivity contribution in [2.45, 2.75) is 13.3 Å². The number of benzene rings is 1. The zero-order valence-electron chi connectivity index (χ0n) is 9.90. The summed E-state index contributed by atoms with van der Waals surface area (Å²) in [5.41, 5.74) is 6.39. The lowest BCUT2D eigenvalue weighted by Crippen LogP contribution is -2.02. The number of carbonyl (C=O) groups excluding carboxylic acids is 1. The van der Waals surface area contributed by atoms with Crippen molar-refractivity contribution in [3.05, 3.63) is 29.3 Å². The molecule has 0 saturated carbocycles. The number of hydrogen-bond acceptors (Lipinski definition) is 4. The number of nitrogens with two attached hydrogens (primary N) is 1. The Morgan fingerprint density at radius 2 is 2.11 bits per heavy atom. The van der Waals surface area contributed by atoms with Crippen molar-refractivity contribution in [3.8, 4) is 11.8 Å². The lowest BCUT2D eigenvalue weighted by molar-refractivity contribution is -0.141. The highest BCUT2D eigenvalue weighted by atomic mass is 16.5. The normalized spacial score (nSPS) is 9.17. The van der Waals surface area contributed by atoms with Crippen LogP contribution in [-0.4, -0.2) is 23.7 Å². The maximum atomic E-state index is 11.0. The summed E-state index contributed by atoms with van der Waals surface area (Å²) in [7, 11) is 0. The molecular formula is C13H13NO4. The van der Waals surface area contributed by atoms with Crippen LogP contribution in [0.3, 0.4) is 0 Å². The average Bonchev–Trinajstić information content (AvgIpc) is 2.28. The summed E-state index contributed by atoms with van der Waals surface area (Å²) in [6.07, 6.45) is -0.0367. The van der Waals surface area contributed by atoms with E-state index in [2.05, 4.69) is 11.8 Å². The van der Waals surface area contributed by atoms with Crippen LogP contribution < -0.4 is 5.73 Å². The Bertz CT molecular complexity index is 526. The summed E-state index contributed by atoms with van der Waals surface area (Å²) < 4.78 is 4.71. The molecule has 5 nitrogen and oxygen atoms in total. The van der Waals surface area contributed by atoms with E-state index in [0.717, 1.165) is 0 Å². The average molecular weight is 247 g/mol. The lowest BCUT2D eigenvalue weighted by Gasteiger charge is -1.99. The number of nitrogen functional groups attached to an aromatic ring is 1. The molecule has 0 saturated heterocycles. The topological polar surface area (TPSA) is 89.6 Å². The first-order valence-electron chi connectivity index (χ1n) is 5.31. The van der Waals surface area contributed by atoms with Gasteiger partial charge in [0, 0.05) is 11.3 Å². The van der Waals surface area contributed by atoms with Gasteiger partial charge in [-0.2, -0.15) is 0 Å². The van der Waals surface area contributed by atoms with Gasteiger partial charge in [0.1, 0.15) is 6.42 Å². The van der Waals surface area contributed by atoms with Gasteiger partial charge in [0.15, 0.2) is 0 Å². The van der Waals surface area contributed by atoms with E-state index in [-0.39, 0.29) is 12.0 Å². The minimum Gasteiger partial charge on any atom is -0.478 e. The highest BCUT2D eigenvalue weighted by Gasteiger charge is 2.04. The van der Waals surface area contributed by atoms with E-state index in [9.17, 15) is 9.59 Å². The van der Waals surface area contributed by atoms with E-state index in [1.165, 1.54) is 12.1 Å². The molecular weight excluding hydrogens is 234 g/mol. The van der Waals surface area contributed by atoms with Crippen molar-refractivity contribution in [1.29, 1.82) is 0 Å². The fourth-order valence-corrected chi connectivity index (χ4v) is 1.28. The molecule has 0 fully saturated rings. The second-order valence-corrected chi connectivity index (χ2v) is 3.43. The molecule has 94 valence electrons. The fourth-order valence-electron chi connectivity index (χ4n) is 1.28. The highest BCUT2D eigenvalue weighted by Crippen LogP contribution is 2.11. The standard InChI is InChI=1S/C13H13NO4/c1-2-18-12(15)5-3-4-9-6-10(13(16)17)8-11(14)7-9/h6-8H,2,5,14H2,1H3,(H,16,17). The van der Waals surface area contributed by atoms with Gasteiger partial charge in [0.05, 0.1) is 12.2 Å². The van der Waals surface area contributed by atoms with Crippen LogP contribution in [0.25, 0.3) is 0 Å². The summed E-state index contributed by atoms with van der Waals surface area (Å²) >= 11 is 0. The molecule has 0 unspecified atom stereocenters. The molecule has 0 amide bonds. The number of anilines is 1. The zero-order chi connectivity index (χ0) is 13.5. The van der Waals surface area contributed by atoms with Gasteiger partial charge in [0.25, 0.3) is 0 Å². The summed E-state index contributed by atoms with van der Waals surface area (Å²) in [5.74, 6) is 3.80. The van der Waals surface area contributed by atoms with E-state index in [0.29, 0.717) is 17.9 Å². The Kier molecular flexibility index (Phi) is 4.76. The fraction of sp³-hybridized carbons (Fsp3) is 0.231. The molecule has 3 N–H and O–H groups in total. The number of carboxylic acid groups (broad SMARTS) is 1. The summed E-state index contributed by atoms with van der Waals surface area (Å²) in [4.78, 5) is 21.8. The first-order chi connectivity index (χ1) is 8.52. The molecule has 0 aromatic heterocycles. The number of esters is 1. The van der Waals surface area contributed by atoms with Gasteiger partial charge < -0.3 is 15.6 Å². The summed E-state index contributed by atoms with van der Waals surface area (Å²) in [6, 6.07) is 4.29. The molecule has 0 spiro atoms. The minimum absolute atomic E-state index is 0.0367. The first kappa shape index (κ1) is 13.6. The molecule has 1 aromatic carbocycles. The Labute approximate surface area is 105 Å². The van der Waals surface area contributed by atoms with Crippen LogP contribution in [0.1, 0.15) is 29.3 Å². The Balaban J connectivity index is 2.82. The number of aromatic carboxylic acids is 1. The van der Waals surface area contributed by atoms with Gasteiger partial charge in [-0.15, -0.1) is 0 Å². The van der Waals surface area contributed by atoms with Crippen LogP contribution >= 0.6 is 0 Å². The molecule has 5 heteroatoms. The van der Waals surface area contributed by atoms with E-state index < -0.39 is 11.9 Å². The maximum Gasteiger partial charge on any atom is 0.335 e. The van der Waals surface area contributed by atoms with Crippen molar-refractivity contribution in [3.63, 3.8) is 0 Å². The molecule has 18 heavy (non-hydrogen) atoms. The Morgan fingerprint density at radius 3 is 2.72 bits per heavy atom. The maximum absolute atomic E-state index is 11.0.